The predicted molar refractivity (Wildman–Crippen MR) is 86.4 cm³/mol. The number of benzene rings is 1. The third-order valence-electron chi connectivity index (χ3n) is 3.41. The highest BCUT2D eigenvalue weighted by atomic mass is 79.9. The highest BCUT2D eigenvalue weighted by Gasteiger charge is 2.18. The SMILES string of the molecule is Cc1cc(Br)ccc1-n1c(=O)c(N)c(CC(C)C)n1C. The van der Waals surface area contributed by atoms with Crippen molar-refractivity contribution in [3.63, 3.8) is 0 Å². The molecule has 0 aliphatic heterocycles. The molecule has 2 N–H and O–H groups in total. The molecule has 0 aliphatic carbocycles. The van der Waals surface area contributed by atoms with Crippen molar-refractivity contribution in [2.24, 2.45) is 13.0 Å². The van der Waals surface area contributed by atoms with Crippen molar-refractivity contribution in [2.45, 2.75) is 27.2 Å². The van der Waals surface area contributed by atoms with E-state index in [1.54, 1.807) is 4.68 Å². The fraction of sp³-hybridized carbons (Fsp3) is 0.400. The number of nitrogens with two attached hydrogens (primary N) is 1. The maximum Gasteiger partial charge on any atom is 0.294 e. The summed E-state index contributed by atoms with van der Waals surface area (Å²) in [7, 11) is 1.89. The molecule has 1 aromatic carbocycles. The van der Waals surface area contributed by atoms with Gasteiger partial charge in [-0.1, -0.05) is 29.8 Å². The van der Waals surface area contributed by atoms with E-state index in [1.165, 1.54) is 0 Å². The fourth-order valence-electron chi connectivity index (χ4n) is 2.43. The minimum absolute atomic E-state index is 0.145. The van der Waals surface area contributed by atoms with E-state index in [-0.39, 0.29) is 5.56 Å². The highest BCUT2D eigenvalue weighted by molar-refractivity contribution is 9.10. The van der Waals surface area contributed by atoms with Gasteiger partial charge in [-0.3, -0.25) is 9.48 Å². The Labute approximate surface area is 127 Å². The van der Waals surface area contributed by atoms with Gasteiger partial charge in [0.2, 0.25) is 0 Å². The lowest BCUT2D eigenvalue weighted by molar-refractivity contribution is 0.562. The van der Waals surface area contributed by atoms with Crippen LogP contribution in [0.25, 0.3) is 5.69 Å². The van der Waals surface area contributed by atoms with E-state index in [1.807, 2.05) is 36.9 Å². The van der Waals surface area contributed by atoms with Gasteiger partial charge in [-0.15, -0.1) is 0 Å². The number of anilines is 1. The van der Waals surface area contributed by atoms with Crippen molar-refractivity contribution in [1.82, 2.24) is 9.36 Å². The van der Waals surface area contributed by atoms with Crippen LogP contribution in [0.1, 0.15) is 25.1 Å². The van der Waals surface area contributed by atoms with E-state index in [2.05, 4.69) is 29.8 Å². The molecule has 0 spiro atoms. The second-order valence-corrected chi connectivity index (χ2v) is 6.45. The minimum Gasteiger partial charge on any atom is -0.393 e. The number of halogens is 1. The van der Waals surface area contributed by atoms with Crippen LogP contribution < -0.4 is 11.3 Å². The van der Waals surface area contributed by atoms with Crippen LogP contribution in [0.15, 0.2) is 27.5 Å². The topological polar surface area (TPSA) is 52.9 Å². The van der Waals surface area contributed by atoms with Gasteiger partial charge in [-0.25, -0.2) is 4.68 Å². The molecule has 0 bridgehead atoms. The van der Waals surface area contributed by atoms with E-state index in [9.17, 15) is 4.79 Å². The molecule has 1 heterocycles. The second kappa shape index (κ2) is 5.48. The Bertz CT molecular complexity index is 698. The van der Waals surface area contributed by atoms with Gasteiger partial charge in [0, 0.05) is 11.5 Å². The zero-order valence-corrected chi connectivity index (χ0v) is 13.9. The molecule has 0 amide bonds. The van der Waals surface area contributed by atoms with Gasteiger partial charge >= 0.3 is 0 Å². The third-order valence-corrected chi connectivity index (χ3v) is 3.91. The van der Waals surface area contributed by atoms with Crippen LogP contribution in [0.2, 0.25) is 0 Å². The minimum atomic E-state index is -0.145. The molecule has 2 aromatic rings. The highest BCUT2D eigenvalue weighted by Crippen LogP contribution is 2.21. The summed E-state index contributed by atoms with van der Waals surface area (Å²) in [6, 6.07) is 5.85. The van der Waals surface area contributed by atoms with Crippen molar-refractivity contribution in [1.29, 1.82) is 0 Å². The number of aromatic nitrogens is 2. The number of rotatable bonds is 3. The number of nitrogens with zero attached hydrogens (tertiary/aromatic N) is 2. The maximum atomic E-state index is 12.4. The largest absolute Gasteiger partial charge is 0.393 e. The summed E-state index contributed by atoms with van der Waals surface area (Å²) in [6.45, 7) is 6.22. The summed E-state index contributed by atoms with van der Waals surface area (Å²) in [4.78, 5) is 12.4. The number of hydrogen-bond acceptors (Lipinski definition) is 2. The quantitative estimate of drug-likeness (QED) is 0.935. The zero-order valence-electron chi connectivity index (χ0n) is 12.3. The molecule has 0 saturated carbocycles. The molecular weight excluding hydrogens is 318 g/mol. The van der Waals surface area contributed by atoms with Gasteiger partial charge < -0.3 is 5.73 Å². The summed E-state index contributed by atoms with van der Waals surface area (Å²) in [5.41, 5.74) is 9.00. The molecule has 1 aromatic heterocycles. The van der Waals surface area contributed by atoms with E-state index < -0.39 is 0 Å². The van der Waals surface area contributed by atoms with Crippen LogP contribution in [0.5, 0.6) is 0 Å². The maximum absolute atomic E-state index is 12.4. The van der Waals surface area contributed by atoms with Crippen molar-refractivity contribution in [3.05, 3.63) is 44.3 Å². The molecule has 108 valence electrons. The van der Waals surface area contributed by atoms with Gasteiger partial charge in [-0.2, -0.15) is 0 Å². The normalized spacial score (nSPS) is 11.3. The Balaban J connectivity index is 2.66. The van der Waals surface area contributed by atoms with Crippen molar-refractivity contribution >= 4 is 21.6 Å². The van der Waals surface area contributed by atoms with Gasteiger partial charge in [0.05, 0.1) is 11.4 Å². The molecule has 0 radical (unpaired) electrons. The van der Waals surface area contributed by atoms with Gasteiger partial charge in [0.1, 0.15) is 5.69 Å². The Morgan fingerprint density at radius 2 is 2.00 bits per heavy atom. The summed E-state index contributed by atoms with van der Waals surface area (Å²) in [5.74, 6) is 0.449. The van der Waals surface area contributed by atoms with Gasteiger partial charge in [0.15, 0.2) is 0 Å². The molecule has 0 atom stereocenters. The Morgan fingerprint density at radius 3 is 2.55 bits per heavy atom. The summed E-state index contributed by atoms with van der Waals surface area (Å²) in [6.07, 6.45) is 0.792. The predicted octanol–water partition coefficient (Wildman–Crippen LogP) is 3.03. The summed E-state index contributed by atoms with van der Waals surface area (Å²) >= 11 is 3.44. The summed E-state index contributed by atoms with van der Waals surface area (Å²) < 4.78 is 4.51. The van der Waals surface area contributed by atoms with Crippen molar-refractivity contribution in [2.75, 3.05) is 5.73 Å². The molecule has 20 heavy (non-hydrogen) atoms. The van der Waals surface area contributed by atoms with Crippen molar-refractivity contribution < 1.29 is 0 Å². The van der Waals surface area contributed by atoms with E-state index in [0.29, 0.717) is 11.6 Å². The van der Waals surface area contributed by atoms with Crippen LogP contribution in [0, 0.1) is 12.8 Å². The number of aryl methyl sites for hydroxylation is 1. The van der Waals surface area contributed by atoms with Gasteiger partial charge in [0.25, 0.3) is 5.56 Å². The van der Waals surface area contributed by atoms with Gasteiger partial charge in [-0.05, 0) is 43.0 Å². The standard InChI is InChI=1S/C15H20BrN3O/c1-9(2)7-13-14(17)15(20)19(18(13)4)12-6-5-11(16)8-10(12)3/h5-6,8-9H,7,17H2,1-4H3. The van der Waals surface area contributed by atoms with Crippen LogP contribution in [0.3, 0.4) is 0 Å². The number of nitrogen functional groups attached to an aromatic ring is 1. The first kappa shape index (κ1) is 14.9. The molecule has 0 aliphatic rings. The molecule has 0 unspecified atom stereocenters. The number of hydrogen-bond donors (Lipinski definition) is 1. The lowest BCUT2D eigenvalue weighted by atomic mass is 10.1. The average Bonchev–Trinajstić information content (AvgIpc) is 2.55. The molecule has 0 fully saturated rings. The van der Waals surface area contributed by atoms with Crippen LogP contribution in [0.4, 0.5) is 5.69 Å². The lowest BCUT2D eigenvalue weighted by Crippen LogP contribution is -2.21. The monoisotopic (exact) mass is 337 g/mol. The van der Waals surface area contributed by atoms with E-state index >= 15 is 0 Å². The van der Waals surface area contributed by atoms with Crippen molar-refractivity contribution in [3.8, 4) is 5.69 Å². The van der Waals surface area contributed by atoms with E-state index in [0.717, 1.165) is 27.8 Å². The fourth-order valence-corrected chi connectivity index (χ4v) is 2.90. The van der Waals surface area contributed by atoms with E-state index in [4.69, 9.17) is 5.73 Å². The van der Waals surface area contributed by atoms with Crippen LogP contribution in [-0.2, 0) is 13.5 Å². The third kappa shape index (κ3) is 2.54. The molecule has 4 nitrogen and oxygen atoms in total. The first-order chi connectivity index (χ1) is 9.32. The molecule has 5 heteroatoms. The van der Waals surface area contributed by atoms with Crippen LogP contribution >= 0.6 is 15.9 Å². The second-order valence-electron chi connectivity index (χ2n) is 5.53. The molecule has 0 saturated heterocycles. The van der Waals surface area contributed by atoms with Crippen LogP contribution in [-0.4, -0.2) is 9.36 Å². The Morgan fingerprint density at radius 1 is 1.35 bits per heavy atom. The smallest absolute Gasteiger partial charge is 0.294 e. The first-order valence-corrected chi connectivity index (χ1v) is 7.45. The molecular formula is C15H20BrN3O. The average molecular weight is 338 g/mol. The zero-order chi connectivity index (χ0) is 15.0. The Kier molecular flexibility index (Phi) is 4.09. The lowest BCUT2D eigenvalue weighted by Gasteiger charge is -2.13. The summed E-state index contributed by atoms with van der Waals surface area (Å²) in [5, 5.41) is 0. The first-order valence-electron chi connectivity index (χ1n) is 6.65. The Hall–Kier alpha value is -1.49. The molecule has 2 rings (SSSR count).